The second-order valence-electron chi connectivity index (χ2n) is 4.22. The maximum absolute atomic E-state index is 5.33. The van der Waals surface area contributed by atoms with E-state index < -0.39 is 0 Å². The Morgan fingerprint density at radius 3 is 3.27 bits per heavy atom. The van der Waals surface area contributed by atoms with Crippen LogP contribution in [0.1, 0.15) is 18.4 Å². The predicted molar refractivity (Wildman–Crippen MR) is 58.5 cm³/mol. The molecule has 84 valence electrons. The first-order chi connectivity index (χ1) is 7.34. The van der Waals surface area contributed by atoms with E-state index in [1.807, 2.05) is 24.1 Å². The van der Waals surface area contributed by atoms with Gasteiger partial charge in [-0.2, -0.15) is 5.10 Å². The minimum atomic E-state index is 0.770. The molecule has 1 aliphatic rings. The van der Waals surface area contributed by atoms with Crippen molar-refractivity contribution in [1.82, 2.24) is 15.1 Å². The van der Waals surface area contributed by atoms with Crippen LogP contribution >= 0.6 is 0 Å². The zero-order valence-electron chi connectivity index (χ0n) is 9.28. The lowest BCUT2D eigenvalue weighted by Crippen LogP contribution is -2.17. The highest BCUT2D eigenvalue weighted by atomic mass is 16.5. The maximum Gasteiger partial charge on any atom is 0.0534 e. The molecule has 1 aliphatic heterocycles. The van der Waals surface area contributed by atoms with E-state index in [-0.39, 0.29) is 0 Å². The summed E-state index contributed by atoms with van der Waals surface area (Å²) in [6, 6.07) is 0. The number of aryl methyl sites for hydroxylation is 1. The third-order valence-electron chi connectivity index (χ3n) is 2.84. The lowest BCUT2D eigenvalue weighted by atomic mass is 10.1. The Morgan fingerprint density at radius 1 is 1.67 bits per heavy atom. The van der Waals surface area contributed by atoms with Crippen LogP contribution in [0.5, 0.6) is 0 Å². The molecule has 2 heterocycles. The van der Waals surface area contributed by atoms with Gasteiger partial charge < -0.3 is 10.1 Å². The molecule has 1 saturated heterocycles. The predicted octanol–water partition coefficient (Wildman–Crippen LogP) is 0.936. The summed E-state index contributed by atoms with van der Waals surface area (Å²) in [6.07, 6.45) is 6.41. The molecule has 0 radical (unpaired) electrons. The van der Waals surface area contributed by atoms with Crippen molar-refractivity contribution in [3.05, 3.63) is 18.0 Å². The molecule has 1 aromatic rings. The number of rotatable bonds is 5. The van der Waals surface area contributed by atoms with Gasteiger partial charge >= 0.3 is 0 Å². The monoisotopic (exact) mass is 209 g/mol. The van der Waals surface area contributed by atoms with E-state index in [2.05, 4.69) is 10.4 Å². The SMILES string of the molecule is Cn1cc(CNCCC2CCOC2)cn1. The van der Waals surface area contributed by atoms with Crippen LogP contribution in [0.3, 0.4) is 0 Å². The van der Waals surface area contributed by atoms with Gasteiger partial charge in [-0.15, -0.1) is 0 Å². The average molecular weight is 209 g/mol. The van der Waals surface area contributed by atoms with E-state index >= 15 is 0 Å². The zero-order chi connectivity index (χ0) is 10.5. The second kappa shape index (κ2) is 5.28. The van der Waals surface area contributed by atoms with Gasteiger partial charge in [0.15, 0.2) is 0 Å². The van der Waals surface area contributed by atoms with Gasteiger partial charge in [-0.25, -0.2) is 0 Å². The molecule has 1 N–H and O–H groups in total. The Bertz CT molecular complexity index is 292. The van der Waals surface area contributed by atoms with Crippen molar-refractivity contribution in [2.24, 2.45) is 13.0 Å². The van der Waals surface area contributed by atoms with Crippen molar-refractivity contribution in [3.8, 4) is 0 Å². The molecule has 0 bridgehead atoms. The molecule has 1 atom stereocenters. The lowest BCUT2D eigenvalue weighted by Gasteiger charge is -2.07. The second-order valence-corrected chi connectivity index (χ2v) is 4.22. The highest BCUT2D eigenvalue weighted by Gasteiger charge is 2.14. The molecule has 0 aromatic carbocycles. The summed E-state index contributed by atoms with van der Waals surface area (Å²) in [4.78, 5) is 0. The molecule has 1 unspecified atom stereocenters. The van der Waals surface area contributed by atoms with Crippen LogP contribution in [0.4, 0.5) is 0 Å². The Labute approximate surface area is 90.6 Å². The van der Waals surface area contributed by atoms with Crippen LogP contribution in [0.15, 0.2) is 12.4 Å². The largest absolute Gasteiger partial charge is 0.381 e. The van der Waals surface area contributed by atoms with E-state index in [1.165, 1.54) is 18.4 Å². The van der Waals surface area contributed by atoms with Crippen molar-refractivity contribution in [1.29, 1.82) is 0 Å². The number of nitrogens with one attached hydrogen (secondary N) is 1. The van der Waals surface area contributed by atoms with Crippen LogP contribution in [-0.2, 0) is 18.3 Å². The van der Waals surface area contributed by atoms with Gasteiger partial charge in [0.1, 0.15) is 0 Å². The fraction of sp³-hybridized carbons (Fsp3) is 0.727. The van der Waals surface area contributed by atoms with Crippen LogP contribution in [0, 0.1) is 5.92 Å². The minimum Gasteiger partial charge on any atom is -0.381 e. The normalized spacial score (nSPS) is 21.0. The van der Waals surface area contributed by atoms with Crippen molar-refractivity contribution >= 4 is 0 Å². The number of hydrogen-bond acceptors (Lipinski definition) is 3. The molecule has 4 heteroatoms. The van der Waals surface area contributed by atoms with E-state index in [1.54, 1.807) is 0 Å². The summed E-state index contributed by atoms with van der Waals surface area (Å²) in [5, 5.41) is 7.56. The van der Waals surface area contributed by atoms with Gasteiger partial charge in [0.25, 0.3) is 0 Å². The standard InChI is InChI=1S/C11H19N3O/c1-14-8-11(7-13-14)6-12-4-2-10-3-5-15-9-10/h7-8,10,12H,2-6,9H2,1H3. The summed E-state index contributed by atoms with van der Waals surface area (Å²) in [7, 11) is 1.94. The fourth-order valence-electron chi connectivity index (χ4n) is 1.91. The molecular weight excluding hydrogens is 190 g/mol. The van der Waals surface area contributed by atoms with Crippen molar-refractivity contribution < 1.29 is 4.74 Å². The fourth-order valence-corrected chi connectivity index (χ4v) is 1.91. The smallest absolute Gasteiger partial charge is 0.0534 e. The summed E-state index contributed by atoms with van der Waals surface area (Å²) in [5.41, 5.74) is 1.25. The van der Waals surface area contributed by atoms with Crippen LogP contribution in [-0.4, -0.2) is 29.5 Å². The highest BCUT2D eigenvalue weighted by Crippen LogP contribution is 2.15. The molecule has 1 aromatic heterocycles. The average Bonchev–Trinajstić information content (AvgIpc) is 2.84. The van der Waals surface area contributed by atoms with Crippen LogP contribution in [0.2, 0.25) is 0 Å². The summed E-state index contributed by atoms with van der Waals surface area (Å²) >= 11 is 0. The van der Waals surface area contributed by atoms with Gasteiger partial charge in [0.05, 0.1) is 6.20 Å². The van der Waals surface area contributed by atoms with Crippen LogP contribution in [0.25, 0.3) is 0 Å². The van der Waals surface area contributed by atoms with Crippen molar-refractivity contribution in [3.63, 3.8) is 0 Å². The van der Waals surface area contributed by atoms with Crippen LogP contribution < -0.4 is 5.32 Å². The van der Waals surface area contributed by atoms with Gasteiger partial charge in [-0.05, 0) is 25.3 Å². The van der Waals surface area contributed by atoms with Gasteiger partial charge in [-0.1, -0.05) is 0 Å². The summed E-state index contributed by atoms with van der Waals surface area (Å²) < 4.78 is 7.17. The third kappa shape index (κ3) is 3.32. The molecule has 2 rings (SSSR count). The Morgan fingerprint density at radius 2 is 2.60 bits per heavy atom. The van der Waals surface area contributed by atoms with E-state index in [0.717, 1.165) is 32.2 Å². The molecule has 1 fully saturated rings. The van der Waals surface area contributed by atoms with Gasteiger partial charge in [0.2, 0.25) is 0 Å². The molecule has 0 saturated carbocycles. The van der Waals surface area contributed by atoms with E-state index in [0.29, 0.717) is 0 Å². The number of hydrogen-bond donors (Lipinski definition) is 1. The minimum absolute atomic E-state index is 0.770. The number of nitrogens with zero attached hydrogens (tertiary/aromatic N) is 2. The first-order valence-corrected chi connectivity index (χ1v) is 5.60. The number of aromatic nitrogens is 2. The molecule has 4 nitrogen and oxygen atoms in total. The lowest BCUT2D eigenvalue weighted by molar-refractivity contribution is 0.184. The van der Waals surface area contributed by atoms with E-state index in [4.69, 9.17) is 4.74 Å². The third-order valence-corrected chi connectivity index (χ3v) is 2.84. The Kier molecular flexibility index (Phi) is 3.75. The maximum atomic E-state index is 5.33. The molecule has 0 aliphatic carbocycles. The first kappa shape index (κ1) is 10.6. The summed E-state index contributed by atoms with van der Waals surface area (Å²) in [5.74, 6) is 0.770. The van der Waals surface area contributed by atoms with Crippen molar-refractivity contribution in [2.45, 2.75) is 19.4 Å². The Balaban J connectivity index is 1.58. The number of ether oxygens (including phenoxy) is 1. The topological polar surface area (TPSA) is 39.1 Å². The zero-order valence-corrected chi connectivity index (χ0v) is 9.28. The van der Waals surface area contributed by atoms with Gasteiger partial charge in [-0.3, -0.25) is 4.68 Å². The first-order valence-electron chi connectivity index (χ1n) is 5.60. The summed E-state index contributed by atoms with van der Waals surface area (Å²) in [6.45, 7) is 3.90. The highest BCUT2D eigenvalue weighted by molar-refractivity contribution is 5.02. The molecular formula is C11H19N3O. The van der Waals surface area contributed by atoms with Gasteiger partial charge in [0, 0.05) is 38.6 Å². The molecule has 15 heavy (non-hydrogen) atoms. The van der Waals surface area contributed by atoms with Crippen molar-refractivity contribution in [2.75, 3.05) is 19.8 Å². The Hall–Kier alpha value is -0.870. The quantitative estimate of drug-likeness (QED) is 0.733. The van der Waals surface area contributed by atoms with E-state index in [9.17, 15) is 0 Å². The molecule has 0 spiro atoms. The molecule has 0 amide bonds.